The summed E-state index contributed by atoms with van der Waals surface area (Å²) in [6, 6.07) is 11.2. The first-order chi connectivity index (χ1) is 13.5. The fourth-order valence-corrected chi connectivity index (χ4v) is 3.73. The lowest BCUT2D eigenvalue weighted by molar-refractivity contribution is -0.384. The zero-order chi connectivity index (χ0) is 20.1. The van der Waals surface area contributed by atoms with Crippen LogP contribution < -0.4 is 0 Å². The van der Waals surface area contributed by atoms with Gasteiger partial charge < -0.3 is 4.74 Å². The van der Waals surface area contributed by atoms with Crippen molar-refractivity contribution in [3.05, 3.63) is 69.7 Å². The largest absolute Gasteiger partial charge is 0.421 e. The van der Waals surface area contributed by atoms with Crippen molar-refractivity contribution in [2.24, 2.45) is 0 Å². The standard InChI is InChI=1S/C22H23ClO5/c1-2-3-4-5-6-11-20(24)27-22(28-26)18-10-8-7-9-16(18)21(25)17-14-15(23)12-13-19(17)22/h7-10,12-14,26H,2-6,11H2,1H3. The molecule has 1 atom stereocenters. The van der Waals surface area contributed by atoms with Crippen molar-refractivity contribution in [2.45, 2.75) is 51.2 Å². The molecule has 1 unspecified atom stereocenters. The number of unbranched alkanes of at least 4 members (excludes halogenated alkanes) is 4. The molecule has 0 amide bonds. The van der Waals surface area contributed by atoms with Crippen LogP contribution in [0.5, 0.6) is 0 Å². The van der Waals surface area contributed by atoms with Gasteiger partial charge in [-0.15, -0.1) is 0 Å². The number of halogens is 1. The SMILES string of the molecule is CCCCCCCC(=O)OC1(OO)c2ccccc2C(=O)c2cc(Cl)ccc21. The first-order valence-electron chi connectivity index (χ1n) is 9.52. The van der Waals surface area contributed by atoms with E-state index >= 15 is 0 Å². The summed E-state index contributed by atoms with van der Waals surface area (Å²) in [5.41, 5.74) is 1.07. The molecule has 0 aromatic heterocycles. The second-order valence-corrected chi connectivity index (χ2v) is 7.35. The lowest BCUT2D eigenvalue weighted by Gasteiger charge is -2.36. The molecule has 148 valence electrons. The Hall–Kier alpha value is -2.21. The van der Waals surface area contributed by atoms with Gasteiger partial charge in [-0.05, 0) is 24.6 Å². The molecular formula is C22H23ClO5. The lowest BCUT2D eigenvalue weighted by atomic mass is 9.80. The number of carbonyl (C=O) groups is 2. The zero-order valence-corrected chi connectivity index (χ0v) is 16.5. The highest BCUT2D eigenvalue weighted by molar-refractivity contribution is 6.31. The third-order valence-electron chi connectivity index (χ3n) is 4.98. The van der Waals surface area contributed by atoms with Gasteiger partial charge in [0, 0.05) is 33.7 Å². The van der Waals surface area contributed by atoms with E-state index in [1.165, 1.54) is 12.1 Å². The molecule has 0 radical (unpaired) electrons. The maximum atomic E-state index is 12.9. The molecule has 0 spiro atoms. The fraction of sp³-hybridized carbons (Fsp3) is 0.364. The second kappa shape index (κ2) is 8.86. The number of ketones is 1. The molecule has 1 aliphatic rings. The van der Waals surface area contributed by atoms with Crippen LogP contribution >= 0.6 is 11.6 Å². The van der Waals surface area contributed by atoms with Crippen molar-refractivity contribution in [1.82, 2.24) is 0 Å². The van der Waals surface area contributed by atoms with Crippen LogP contribution in [0.4, 0.5) is 0 Å². The summed E-state index contributed by atoms with van der Waals surface area (Å²) in [5.74, 6) is -2.67. The Bertz CT molecular complexity index is 879. The normalized spacial score (nSPS) is 17.8. The predicted octanol–water partition coefficient (Wildman–Crippen LogP) is 5.48. The number of carbonyl (C=O) groups excluding carboxylic acids is 2. The van der Waals surface area contributed by atoms with E-state index in [9.17, 15) is 14.8 Å². The van der Waals surface area contributed by atoms with E-state index in [1.54, 1.807) is 30.3 Å². The van der Waals surface area contributed by atoms with Gasteiger partial charge in [0.1, 0.15) is 0 Å². The molecule has 2 aromatic carbocycles. The van der Waals surface area contributed by atoms with Gasteiger partial charge in [0.15, 0.2) is 5.78 Å². The highest BCUT2D eigenvalue weighted by atomic mass is 35.5. The predicted molar refractivity (Wildman–Crippen MR) is 105 cm³/mol. The topological polar surface area (TPSA) is 72.8 Å². The highest BCUT2D eigenvalue weighted by Crippen LogP contribution is 2.44. The van der Waals surface area contributed by atoms with Gasteiger partial charge in [0.2, 0.25) is 0 Å². The summed E-state index contributed by atoms with van der Waals surface area (Å²) < 4.78 is 5.67. The summed E-state index contributed by atoms with van der Waals surface area (Å²) in [5, 5.41) is 10.2. The maximum absolute atomic E-state index is 12.9. The molecule has 5 nitrogen and oxygen atoms in total. The van der Waals surface area contributed by atoms with Crippen molar-refractivity contribution in [2.75, 3.05) is 0 Å². The van der Waals surface area contributed by atoms with E-state index in [4.69, 9.17) is 21.2 Å². The summed E-state index contributed by atoms with van der Waals surface area (Å²) in [6.45, 7) is 2.13. The van der Waals surface area contributed by atoms with E-state index in [2.05, 4.69) is 6.92 Å². The molecule has 0 saturated heterocycles. The minimum absolute atomic E-state index is 0.202. The van der Waals surface area contributed by atoms with Crippen LogP contribution in [0.3, 0.4) is 0 Å². The van der Waals surface area contributed by atoms with Crippen LogP contribution in [-0.2, 0) is 20.2 Å². The molecule has 0 heterocycles. The monoisotopic (exact) mass is 402 g/mol. The van der Waals surface area contributed by atoms with E-state index in [1.807, 2.05) is 0 Å². The van der Waals surface area contributed by atoms with Gasteiger partial charge in [-0.1, -0.05) is 68.5 Å². The molecule has 3 rings (SSSR count). The van der Waals surface area contributed by atoms with Crippen LogP contribution in [0.15, 0.2) is 42.5 Å². The van der Waals surface area contributed by atoms with Gasteiger partial charge in [-0.25, -0.2) is 5.26 Å². The molecule has 2 aromatic rings. The number of hydrogen-bond donors (Lipinski definition) is 1. The molecule has 0 aliphatic heterocycles. The number of esters is 1. The molecular weight excluding hydrogens is 380 g/mol. The Morgan fingerprint density at radius 1 is 1.04 bits per heavy atom. The third kappa shape index (κ3) is 3.83. The quantitative estimate of drug-likeness (QED) is 0.208. The average molecular weight is 403 g/mol. The van der Waals surface area contributed by atoms with Crippen LogP contribution in [0.1, 0.15) is 72.5 Å². The first kappa shape index (κ1) is 20.5. The fourth-order valence-electron chi connectivity index (χ4n) is 3.56. The van der Waals surface area contributed by atoms with Crippen molar-refractivity contribution in [1.29, 1.82) is 0 Å². The Labute approximate surface area is 169 Å². The molecule has 6 heteroatoms. The van der Waals surface area contributed by atoms with E-state index in [0.717, 1.165) is 25.7 Å². The maximum Gasteiger partial charge on any atom is 0.308 e. The second-order valence-electron chi connectivity index (χ2n) is 6.91. The summed E-state index contributed by atoms with van der Waals surface area (Å²) in [7, 11) is 0. The Morgan fingerprint density at radius 2 is 1.75 bits per heavy atom. The number of fused-ring (bicyclic) bond motifs is 2. The van der Waals surface area contributed by atoms with Crippen LogP contribution in [-0.4, -0.2) is 17.0 Å². The zero-order valence-electron chi connectivity index (χ0n) is 15.7. The minimum atomic E-state index is -1.90. The van der Waals surface area contributed by atoms with Gasteiger partial charge in [-0.3, -0.25) is 9.59 Å². The van der Waals surface area contributed by atoms with Crippen molar-refractivity contribution >= 4 is 23.4 Å². The lowest BCUT2D eigenvalue weighted by Crippen LogP contribution is -2.41. The van der Waals surface area contributed by atoms with Crippen molar-refractivity contribution in [3.63, 3.8) is 0 Å². The number of ether oxygens (including phenoxy) is 1. The van der Waals surface area contributed by atoms with Crippen LogP contribution in [0, 0.1) is 0 Å². The Kier molecular flexibility index (Phi) is 6.50. The Balaban J connectivity index is 1.94. The number of hydrogen-bond acceptors (Lipinski definition) is 5. The third-order valence-corrected chi connectivity index (χ3v) is 5.21. The van der Waals surface area contributed by atoms with E-state index in [0.29, 0.717) is 17.0 Å². The van der Waals surface area contributed by atoms with Crippen molar-refractivity contribution in [3.8, 4) is 0 Å². The van der Waals surface area contributed by atoms with E-state index < -0.39 is 11.8 Å². The molecule has 1 N–H and O–H groups in total. The molecule has 0 bridgehead atoms. The number of rotatable bonds is 8. The van der Waals surface area contributed by atoms with Gasteiger partial charge in [0.05, 0.1) is 0 Å². The summed E-state index contributed by atoms with van der Waals surface area (Å²) in [4.78, 5) is 30.2. The Morgan fingerprint density at radius 3 is 2.50 bits per heavy atom. The average Bonchev–Trinajstić information content (AvgIpc) is 2.71. The highest BCUT2D eigenvalue weighted by Gasteiger charge is 2.49. The molecule has 1 aliphatic carbocycles. The van der Waals surface area contributed by atoms with Crippen LogP contribution in [0.25, 0.3) is 0 Å². The summed E-state index contributed by atoms with van der Waals surface area (Å²) >= 11 is 6.06. The number of benzene rings is 2. The minimum Gasteiger partial charge on any atom is -0.421 e. The van der Waals surface area contributed by atoms with Gasteiger partial charge in [-0.2, -0.15) is 4.89 Å². The van der Waals surface area contributed by atoms with Gasteiger partial charge in [0.25, 0.3) is 5.79 Å². The van der Waals surface area contributed by atoms with Crippen molar-refractivity contribution < 1.29 is 24.5 Å². The van der Waals surface area contributed by atoms with E-state index in [-0.39, 0.29) is 28.9 Å². The van der Waals surface area contributed by atoms with Crippen LogP contribution in [0.2, 0.25) is 5.02 Å². The first-order valence-corrected chi connectivity index (χ1v) is 9.90. The summed E-state index contributed by atoms with van der Waals surface area (Å²) in [6.07, 6.45) is 5.13. The van der Waals surface area contributed by atoms with Gasteiger partial charge >= 0.3 is 5.97 Å². The smallest absolute Gasteiger partial charge is 0.308 e. The molecule has 28 heavy (non-hydrogen) atoms. The molecule has 0 saturated carbocycles. The molecule has 0 fully saturated rings.